The van der Waals surface area contributed by atoms with Crippen LogP contribution in [0.15, 0.2) is 40.3 Å². The van der Waals surface area contributed by atoms with Gasteiger partial charge in [-0.2, -0.15) is 0 Å². The Morgan fingerprint density at radius 1 is 1.26 bits per heavy atom. The minimum absolute atomic E-state index is 0.101. The monoisotopic (exact) mass is 388 g/mol. The summed E-state index contributed by atoms with van der Waals surface area (Å²) in [6, 6.07) is 10.4. The second-order valence-corrected chi connectivity index (χ2v) is 8.35. The third kappa shape index (κ3) is 5.25. The number of benzene rings is 1. The van der Waals surface area contributed by atoms with E-state index in [-0.39, 0.29) is 11.6 Å². The van der Waals surface area contributed by atoms with Gasteiger partial charge >= 0.3 is 5.69 Å². The lowest BCUT2D eigenvalue weighted by Gasteiger charge is -2.33. The minimum atomic E-state index is -0.226. The van der Waals surface area contributed by atoms with E-state index in [1.807, 2.05) is 42.3 Å². The molecule has 0 atom stereocenters. The Morgan fingerprint density at radius 2 is 1.96 bits per heavy atom. The zero-order chi connectivity index (χ0) is 19.2. The second-order valence-electron chi connectivity index (χ2n) is 7.41. The van der Waals surface area contributed by atoms with Crippen LogP contribution >= 0.6 is 11.8 Å². The fraction of sp³-hybridized carbons (Fsp3) is 0.550. The van der Waals surface area contributed by atoms with Crippen molar-refractivity contribution in [3.8, 4) is 0 Å². The van der Waals surface area contributed by atoms with Crippen LogP contribution in [0.4, 0.5) is 0 Å². The van der Waals surface area contributed by atoms with E-state index in [9.17, 15) is 9.59 Å². The number of carbonyl (C=O) groups is 1. The van der Waals surface area contributed by atoms with Crippen LogP contribution in [-0.4, -0.2) is 44.4 Å². The lowest BCUT2D eigenvalue weighted by atomic mass is 9.87. The first-order valence-corrected chi connectivity index (χ1v) is 10.6. The van der Waals surface area contributed by atoms with Crippen molar-refractivity contribution < 1.29 is 4.79 Å². The molecule has 0 bridgehead atoms. The van der Waals surface area contributed by atoms with Crippen LogP contribution in [0.3, 0.4) is 0 Å². The molecule has 3 rings (SSSR count). The third-order valence-corrected chi connectivity index (χ3v) is 6.40. The molecule has 0 unspecified atom stereocenters. The summed E-state index contributed by atoms with van der Waals surface area (Å²) in [7, 11) is 1.90. The molecule has 0 spiro atoms. The van der Waals surface area contributed by atoms with Gasteiger partial charge in [-0.05, 0) is 43.6 Å². The van der Waals surface area contributed by atoms with Crippen LogP contribution in [0, 0.1) is 5.92 Å². The fourth-order valence-corrected chi connectivity index (χ4v) is 4.45. The van der Waals surface area contributed by atoms with E-state index in [4.69, 9.17) is 0 Å². The number of aromatic nitrogens is 3. The second kappa shape index (κ2) is 9.26. The van der Waals surface area contributed by atoms with Gasteiger partial charge < -0.3 is 4.90 Å². The van der Waals surface area contributed by atoms with Gasteiger partial charge in [0.2, 0.25) is 5.91 Å². The number of rotatable bonds is 7. The summed E-state index contributed by atoms with van der Waals surface area (Å²) in [6.07, 6.45) is 5.29. The van der Waals surface area contributed by atoms with Crippen molar-refractivity contribution in [2.24, 2.45) is 5.92 Å². The highest BCUT2D eigenvalue weighted by Crippen LogP contribution is 2.27. The summed E-state index contributed by atoms with van der Waals surface area (Å²) in [5.41, 5.74) is 0.944. The SMILES string of the molecule is CC1CCC(N(C)C(=O)CSc2n[nH]c(=O)n2CCc2ccccc2)CC1. The van der Waals surface area contributed by atoms with E-state index in [0.29, 0.717) is 23.5 Å². The molecule has 1 N–H and O–H groups in total. The van der Waals surface area contributed by atoms with Crippen molar-refractivity contribution in [2.45, 2.75) is 56.8 Å². The number of hydrogen-bond acceptors (Lipinski definition) is 4. The third-order valence-electron chi connectivity index (χ3n) is 5.44. The largest absolute Gasteiger partial charge is 0.343 e. The van der Waals surface area contributed by atoms with E-state index < -0.39 is 0 Å². The first-order chi connectivity index (χ1) is 13.0. The maximum absolute atomic E-state index is 12.6. The molecule has 1 aromatic heterocycles. The van der Waals surface area contributed by atoms with E-state index >= 15 is 0 Å². The molecule has 6 nitrogen and oxygen atoms in total. The number of nitrogens with one attached hydrogen (secondary N) is 1. The van der Waals surface area contributed by atoms with E-state index in [0.717, 1.165) is 25.2 Å². The zero-order valence-corrected chi connectivity index (χ0v) is 16.9. The predicted molar refractivity (Wildman–Crippen MR) is 108 cm³/mol. The van der Waals surface area contributed by atoms with Crippen molar-refractivity contribution in [2.75, 3.05) is 12.8 Å². The van der Waals surface area contributed by atoms with Gasteiger partial charge in [-0.15, -0.1) is 5.10 Å². The first kappa shape index (κ1) is 19.7. The normalized spacial score (nSPS) is 19.8. The smallest absolute Gasteiger partial charge is 0.342 e. The number of aromatic amines is 1. The molecule has 7 heteroatoms. The summed E-state index contributed by atoms with van der Waals surface area (Å²) in [5.74, 6) is 1.17. The Morgan fingerprint density at radius 3 is 2.67 bits per heavy atom. The van der Waals surface area contributed by atoms with Gasteiger partial charge in [0, 0.05) is 19.6 Å². The van der Waals surface area contributed by atoms with Crippen LogP contribution < -0.4 is 5.69 Å². The molecule has 1 heterocycles. The maximum atomic E-state index is 12.6. The predicted octanol–water partition coefficient (Wildman–Crippen LogP) is 2.94. The highest BCUT2D eigenvalue weighted by atomic mass is 32.2. The van der Waals surface area contributed by atoms with Gasteiger partial charge in [0.05, 0.1) is 5.75 Å². The molecular formula is C20H28N4O2S. The van der Waals surface area contributed by atoms with Crippen LogP contribution in [0.1, 0.15) is 38.2 Å². The molecule has 1 fully saturated rings. The van der Waals surface area contributed by atoms with Gasteiger partial charge in [-0.3, -0.25) is 9.36 Å². The highest BCUT2D eigenvalue weighted by molar-refractivity contribution is 7.99. The van der Waals surface area contributed by atoms with E-state index in [2.05, 4.69) is 17.1 Å². The maximum Gasteiger partial charge on any atom is 0.343 e. The Balaban J connectivity index is 1.55. The zero-order valence-electron chi connectivity index (χ0n) is 16.1. The molecule has 0 aliphatic heterocycles. The molecule has 0 saturated heterocycles. The average molecular weight is 389 g/mol. The average Bonchev–Trinajstić information content (AvgIpc) is 3.05. The number of hydrogen-bond donors (Lipinski definition) is 1. The van der Waals surface area contributed by atoms with Crippen molar-refractivity contribution in [1.82, 2.24) is 19.7 Å². The van der Waals surface area contributed by atoms with Crippen molar-refractivity contribution in [3.05, 3.63) is 46.4 Å². The first-order valence-electron chi connectivity index (χ1n) is 9.62. The Labute approximate surface area is 164 Å². The molecule has 1 aliphatic rings. The van der Waals surface area contributed by atoms with Crippen LogP contribution in [0.5, 0.6) is 0 Å². The summed E-state index contributed by atoms with van der Waals surface area (Å²) in [6.45, 7) is 2.83. The molecule has 1 saturated carbocycles. The lowest BCUT2D eigenvalue weighted by molar-refractivity contribution is -0.129. The van der Waals surface area contributed by atoms with E-state index in [1.165, 1.54) is 30.2 Å². The Kier molecular flexibility index (Phi) is 6.77. The molecule has 27 heavy (non-hydrogen) atoms. The highest BCUT2D eigenvalue weighted by Gasteiger charge is 2.25. The van der Waals surface area contributed by atoms with Crippen LogP contribution in [0.25, 0.3) is 0 Å². The molecule has 0 radical (unpaired) electrons. The van der Waals surface area contributed by atoms with Crippen LogP contribution in [-0.2, 0) is 17.8 Å². The number of nitrogens with zero attached hydrogens (tertiary/aromatic N) is 3. The number of aryl methyl sites for hydroxylation is 1. The quantitative estimate of drug-likeness (QED) is 0.741. The van der Waals surface area contributed by atoms with Gasteiger partial charge in [0.15, 0.2) is 5.16 Å². The summed E-state index contributed by atoms with van der Waals surface area (Å²) in [4.78, 5) is 26.5. The number of H-pyrrole nitrogens is 1. The molecule has 146 valence electrons. The summed E-state index contributed by atoms with van der Waals surface area (Å²) in [5, 5.41) is 7.18. The van der Waals surface area contributed by atoms with Crippen LogP contribution in [0.2, 0.25) is 0 Å². The Bertz CT molecular complexity index is 794. The number of thioether (sulfide) groups is 1. The summed E-state index contributed by atoms with van der Waals surface area (Å²) >= 11 is 1.33. The van der Waals surface area contributed by atoms with E-state index in [1.54, 1.807) is 4.57 Å². The van der Waals surface area contributed by atoms with Crippen molar-refractivity contribution in [1.29, 1.82) is 0 Å². The molecule has 2 aromatic rings. The minimum Gasteiger partial charge on any atom is -0.342 e. The lowest BCUT2D eigenvalue weighted by Crippen LogP contribution is -2.40. The number of carbonyl (C=O) groups excluding carboxylic acids is 1. The molecule has 1 amide bonds. The molecule has 1 aromatic carbocycles. The standard InChI is InChI=1S/C20H28N4O2S/c1-15-8-10-17(11-9-15)23(2)18(25)14-27-20-22-21-19(26)24(20)13-12-16-6-4-3-5-7-16/h3-7,15,17H,8-14H2,1-2H3,(H,21,26). The van der Waals surface area contributed by atoms with Gasteiger partial charge in [0.1, 0.15) is 0 Å². The van der Waals surface area contributed by atoms with Crippen molar-refractivity contribution in [3.63, 3.8) is 0 Å². The fourth-order valence-electron chi connectivity index (χ4n) is 3.56. The molecular weight excluding hydrogens is 360 g/mol. The Hall–Kier alpha value is -2.02. The van der Waals surface area contributed by atoms with Gasteiger partial charge in [-0.1, -0.05) is 49.0 Å². The summed E-state index contributed by atoms with van der Waals surface area (Å²) < 4.78 is 1.62. The van der Waals surface area contributed by atoms with Gasteiger partial charge in [0.25, 0.3) is 0 Å². The number of amides is 1. The topological polar surface area (TPSA) is 71.0 Å². The molecule has 1 aliphatic carbocycles. The van der Waals surface area contributed by atoms with Gasteiger partial charge in [-0.25, -0.2) is 9.89 Å². The van der Waals surface area contributed by atoms with Crippen molar-refractivity contribution >= 4 is 17.7 Å².